The van der Waals surface area contributed by atoms with Gasteiger partial charge in [0.25, 0.3) is 0 Å². The molecule has 1 nitrogen and oxygen atoms in total. The molecule has 0 bridgehead atoms. The van der Waals surface area contributed by atoms with Gasteiger partial charge in [-0.05, 0) is 23.6 Å². The molecule has 82 valence electrons. The quantitative estimate of drug-likeness (QED) is 0.690. The fourth-order valence-corrected chi connectivity index (χ4v) is 1.99. The van der Waals surface area contributed by atoms with Crippen LogP contribution in [0.25, 0.3) is 0 Å². The second-order valence-corrected chi connectivity index (χ2v) is 4.08. The number of benzene rings is 1. The SMILES string of the molecule is CC1C=C(F)C=CC1c1ccc(C=O)cc1. The van der Waals surface area contributed by atoms with E-state index in [0.717, 1.165) is 11.8 Å². The van der Waals surface area contributed by atoms with Crippen molar-refractivity contribution in [1.29, 1.82) is 0 Å². The number of hydrogen-bond donors (Lipinski definition) is 0. The maximum absolute atomic E-state index is 13.0. The Morgan fingerprint density at radius 1 is 1.25 bits per heavy atom. The van der Waals surface area contributed by atoms with Gasteiger partial charge in [0.2, 0.25) is 0 Å². The Balaban J connectivity index is 2.25. The van der Waals surface area contributed by atoms with Gasteiger partial charge in [0.15, 0.2) is 0 Å². The van der Waals surface area contributed by atoms with Gasteiger partial charge in [-0.1, -0.05) is 37.3 Å². The van der Waals surface area contributed by atoms with Crippen LogP contribution < -0.4 is 0 Å². The molecule has 1 aromatic carbocycles. The third-order valence-corrected chi connectivity index (χ3v) is 2.91. The number of carbonyl (C=O) groups excluding carboxylic acids is 1. The summed E-state index contributed by atoms with van der Waals surface area (Å²) in [5.41, 5.74) is 1.77. The van der Waals surface area contributed by atoms with Gasteiger partial charge >= 0.3 is 0 Å². The molecule has 0 fully saturated rings. The summed E-state index contributed by atoms with van der Waals surface area (Å²) in [5, 5.41) is 0. The van der Waals surface area contributed by atoms with Gasteiger partial charge in [-0.15, -0.1) is 0 Å². The molecular weight excluding hydrogens is 203 g/mol. The first-order valence-corrected chi connectivity index (χ1v) is 5.31. The first-order valence-electron chi connectivity index (χ1n) is 5.31. The zero-order valence-electron chi connectivity index (χ0n) is 9.06. The van der Waals surface area contributed by atoms with Crippen molar-refractivity contribution >= 4 is 6.29 Å². The summed E-state index contributed by atoms with van der Waals surface area (Å²) in [5.74, 6) is 0.167. The average molecular weight is 216 g/mol. The maximum atomic E-state index is 13.0. The summed E-state index contributed by atoms with van der Waals surface area (Å²) >= 11 is 0. The van der Waals surface area contributed by atoms with Crippen molar-refractivity contribution < 1.29 is 9.18 Å². The van der Waals surface area contributed by atoms with Crippen molar-refractivity contribution in [2.24, 2.45) is 5.92 Å². The van der Waals surface area contributed by atoms with Crippen molar-refractivity contribution in [1.82, 2.24) is 0 Å². The van der Waals surface area contributed by atoms with E-state index in [9.17, 15) is 9.18 Å². The number of allylic oxidation sites excluding steroid dienone is 4. The van der Waals surface area contributed by atoms with Gasteiger partial charge in [-0.25, -0.2) is 4.39 Å². The zero-order valence-corrected chi connectivity index (χ0v) is 9.06. The van der Waals surface area contributed by atoms with Crippen molar-refractivity contribution in [3.63, 3.8) is 0 Å². The fourth-order valence-electron chi connectivity index (χ4n) is 1.99. The second kappa shape index (κ2) is 4.44. The van der Waals surface area contributed by atoms with Crippen LogP contribution in [0.3, 0.4) is 0 Å². The summed E-state index contributed by atoms with van der Waals surface area (Å²) in [6, 6.07) is 7.42. The van der Waals surface area contributed by atoms with Crippen molar-refractivity contribution in [2.75, 3.05) is 0 Å². The Kier molecular flexibility index (Phi) is 3.00. The standard InChI is InChI=1S/C14H13FO/c1-10-8-13(15)6-7-14(10)12-4-2-11(9-16)3-5-12/h2-10,14H,1H3. The predicted octanol–water partition coefficient (Wildman–Crippen LogP) is 3.64. The van der Waals surface area contributed by atoms with E-state index < -0.39 is 0 Å². The molecule has 2 unspecified atom stereocenters. The lowest BCUT2D eigenvalue weighted by molar-refractivity contribution is 0.112. The Bertz CT molecular complexity index is 442. The lowest BCUT2D eigenvalue weighted by atomic mass is 9.84. The van der Waals surface area contributed by atoms with Crippen LogP contribution in [0.15, 0.2) is 48.3 Å². The minimum Gasteiger partial charge on any atom is -0.298 e. The van der Waals surface area contributed by atoms with Gasteiger partial charge in [0.1, 0.15) is 12.1 Å². The van der Waals surface area contributed by atoms with E-state index in [4.69, 9.17) is 0 Å². The Labute approximate surface area is 94.3 Å². The summed E-state index contributed by atoms with van der Waals surface area (Å²) in [6.07, 6.45) is 5.82. The topological polar surface area (TPSA) is 17.1 Å². The van der Waals surface area contributed by atoms with Gasteiger partial charge in [0.05, 0.1) is 0 Å². The first kappa shape index (κ1) is 10.8. The summed E-state index contributed by atoms with van der Waals surface area (Å²) < 4.78 is 13.0. The molecule has 0 heterocycles. The van der Waals surface area contributed by atoms with Crippen LogP contribution in [0.2, 0.25) is 0 Å². The minimum atomic E-state index is -0.173. The van der Waals surface area contributed by atoms with E-state index >= 15 is 0 Å². The lowest BCUT2D eigenvalue weighted by Gasteiger charge is -2.21. The van der Waals surface area contributed by atoms with E-state index in [1.54, 1.807) is 18.2 Å². The second-order valence-electron chi connectivity index (χ2n) is 4.08. The first-order chi connectivity index (χ1) is 7.70. The van der Waals surface area contributed by atoms with E-state index in [1.165, 1.54) is 6.08 Å². The molecule has 0 radical (unpaired) electrons. The highest BCUT2D eigenvalue weighted by Gasteiger charge is 2.18. The highest BCUT2D eigenvalue weighted by Crippen LogP contribution is 2.32. The number of hydrogen-bond acceptors (Lipinski definition) is 1. The molecule has 0 N–H and O–H groups in total. The number of halogens is 1. The van der Waals surface area contributed by atoms with Gasteiger partial charge < -0.3 is 0 Å². The van der Waals surface area contributed by atoms with Gasteiger partial charge in [-0.3, -0.25) is 4.79 Å². The minimum absolute atomic E-state index is 0.145. The van der Waals surface area contributed by atoms with Crippen LogP contribution in [-0.4, -0.2) is 6.29 Å². The maximum Gasteiger partial charge on any atom is 0.150 e. The number of carbonyl (C=O) groups is 1. The summed E-state index contributed by atoms with van der Waals surface area (Å²) in [6.45, 7) is 1.99. The van der Waals surface area contributed by atoms with E-state index in [0.29, 0.717) is 5.56 Å². The number of rotatable bonds is 2. The van der Waals surface area contributed by atoms with Crippen LogP contribution >= 0.6 is 0 Å². The zero-order chi connectivity index (χ0) is 11.5. The largest absolute Gasteiger partial charge is 0.298 e. The van der Waals surface area contributed by atoms with Crippen molar-refractivity contribution in [3.8, 4) is 0 Å². The van der Waals surface area contributed by atoms with Crippen LogP contribution in [0, 0.1) is 5.92 Å². The molecule has 0 saturated carbocycles. The molecule has 2 atom stereocenters. The van der Waals surface area contributed by atoms with Crippen molar-refractivity contribution in [3.05, 3.63) is 59.4 Å². The van der Waals surface area contributed by atoms with E-state index in [1.807, 2.05) is 25.1 Å². The molecule has 0 aliphatic heterocycles. The molecule has 1 aliphatic carbocycles. The monoisotopic (exact) mass is 216 g/mol. The van der Waals surface area contributed by atoms with Crippen LogP contribution in [-0.2, 0) is 0 Å². The molecule has 2 rings (SSSR count). The van der Waals surface area contributed by atoms with Crippen LogP contribution in [0.5, 0.6) is 0 Å². The summed E-state index contributed by atoms with van der Waals surface area (Å²) in [4.78, 5) is 10.5. The van der Waals surface area contributed by atoms with Gasteiger partial charge in [0, 0.05) is 11.5 Å². The Morgan fingerprint density at radius 3 is 2.50 bits per heavy atom. The Morgan fingerprint density at radius 2 is 1.94 bits per heavy atom. The fraction of sp³-hybridized carbons (Fsp3) is 0.214. The average Bonchev–Trinajstić information content (AvgIpc) is 2.29. The molecule has 16 heavy (non-hydrogen) atoms. The molecule has 1 aliphatic rings. The molecule has 0 amide bonds. The molecular formula is C14H13FO. The van der Waals surface area contributed by atoms with Crippen molar-refractivity contribution in [2.45, 2.75) is 12.8 Å². The molecule has 1 aromatic rings. The van der Waals surface area contributed by atoms with E-state index in [2.05, 4.69) is 0 Å². The molecule has 0 spiro atoms. The molecule has 0 saturated heterocycles. The highest BCUT2D eigenvalue weighted by atomic mass is 19.1. The third kappa shape index (κ3) is 2.11. The van der Waals surface area contributed by atoms with Crippen LogP contribution in [0.4, 0.5) is 4.39 Å². The summed E-state index contributed by atoms with van der Waals surface area (Å²) in [7, 11) is 0. The molecule has 0 aromatic heterocycles. The van der Waals surface area contributed by atoms with E-state index in [-0.39, 0.29) is 17.7 Å². The van der Waals surface area contributed by atoms with Crippen LogP contribution in [0.1, 0.15) is 28.8 Å². The highest BCUT2D eigenvalue weighted by molar-refractivity contribution is 5.74. The predicted molar refractivity (Wildman–Crippen MR) is 62.1 cm³/mol. The third-order valence-electron chi connectivity index (χ3n) is 2.91. The molecule has 2 heteroatoms. The number of aldehydes is 1. The smallest absolute Gasteiger partial charge is 0.150 e. The lowest BCUT2D eigenvalue weighted by Crippen LogP contribution is -2.08. The Hall–Kier alpha value is -1.70. The normalized spacial score (nSPS) is 24.0. The van der Waals surface area contributed by atoms with Gasteiger partial charge in [-0.2, -0.15) is 0 Å².